The van der Waals surface area contributed by atoms with Crippen LogP contribution in [0.2, 0.25) is 0 Å². The van der Waals surface area contributed by atoms with E-state index in [9.17, 15) is 0 Å². The van der Waals surface area contributed by atoms with Crippen LogP contribution in [-0.4, -0.2) is 60.4 Å². The first kappa shape index (κ1) is 14.1. The Morgan fingerprint density at radius 3 is 2.61 bits per heavy atom. The van der Waals surface area contributed by atoms with Gasteiger partial charge in [0.05, 0.1) is 18.1 Å². The number of imidazole rings is 1. The van der Waals surface area contributed by atoms with E-state index in [2.05, 4.69) is 34.4 Å². The molecule has 8 nitrogen and oxygen atoms in total. The molecule has 1 saturated heterocycles. The second-order valence-electron chi connectivity index (χ2n) is 5.92. The molecular formula is C15H20N8. The van der Waals surface area contributed by atoms with Gasteiger partial charge in [-0.3, -0.25) is 9.58 Å². The third-order valence-electron chi connectivity index (χ3n) is 4.47. The summed E-state index contributed by atoms with van der Waals surface area (Å²) in [6.45, 7) is 4.79. The molecule has 0 bridgehead atoms. The van der Waals surface area contributed by atoms with E-state index in [0.717, 1.165) is 55.4 Å². The Balaban J connectivity index is 1.48. The fourth-order valence-corrected chi connectivity index (χ4v) is 3.07. The van der Waals surface area contributed by atoms with E-state index in [0.29, 0.717) is 0 Å². The first-order valence-electron chi connectivity index (χ1n) is 7.78. The van der Waals surface area contributed by atoms with E-state index in [1.165, 1.54) is 0 Å². The Morgan fingerprint density at radius 1 is 1.04 bits per heavy atom. The van der Waals surface area contributed by atoms with E-state index in [-0.39, 0.29) is 0 Å². The van der Waals surface area contributed by atoms with Crippen LogP contribution in [0.15, 0.2) is 24.9 Å². The van der Waals surface area contributed by atoms with Crippen LogP contribution in [0.1, 0.15) is 5.82 Å². The molecule has 120 valence electrons. The van der Waals surface area contributed by atoms with Gasteiger partial charge in [0.2, 0.25) is 0 Å². The zero-order chi connectivity index (χ0) is 15.8. The predicted molar refractivity (Wildman–Crippen MR) is 87.0 cm³/mol. The molecule has 0 unspecified atom stereocenters. The highest BCUT2D eigenvalue weighted by Crippen LogP contribution is 2.23. The minimum atomic E-state index is 0.880. The van der Waals surface area contributed by atoms with Crippen molar-refractivity contribution in [3.05, 3.63) is 30.7 Å². The molecule has 0 saturated carbocycles. The van der Waals surface area contributed by atoms with Crippen LogP contribution in [0.3, 0.4) is 0 Å². The van der Waals surface area contributed by atoms with Crippen molar-refractivity contribution in [3.63, 3.8) is 0 Å². The first-order valence-corrected chi connectivity index (χ1v) is 7.78. The molecule has 4 heterocycles. The lowest BCUT2D eigenvalue weighted by Crippen LogP contribution is -2.46. The number of aromatic nitrogens is 6. The van der Waals surface area contributed by atoms with Gasteiger partial charge in [0, 0.05) is 52.7 Å². The Kier molecular flexibility index (Phi) is 3.45. The van der Waals surface area contributed by atoms with Gasteiger partial charge in [0.15, 0.2) is 5.65 Å². The Morgan fingerprint density at radius 2 is 1.87 bits per heavy atom. The molecule has 1 aliphatic rings. The predicted octanol–water partition coefficient (Wildman–Crippen LogP) is 0.419. The van der Waals surface area contributed by atoms with Gasteiger partial charge in [-0.1, -0.05) is 0 Å². The van der Waals surface area contributed by atoms with Crippen LogP contribution in [0.5, 0.6) is 0 Å². The van der Waals surface area contributed by atoms with E-state index in [1.54, 1.807) is 11.0 Å². The van der Waals surface area contributed by atoms with Gasteiger partial charge >= 0.3 is 0 Å². The maximum absolute atomic E-state index is 4.49. The molecule has 0 N–H and O–H groups in total. The van der Waals surface area contributed by atoms with Crippen molar-refractivity contribution >= 4 is 16.9 Å². The van der Waals surface area contributed by atoms with Crippen molar-refractivity contribution in [3.8, 4) is 0 Å². The van der Waals surface area contributed by atoms with Crippen LogP contribution in [0.25, 0.3) is 11.0 Å². The normalized spacial score (nSPS) is 16.3. The van der Waals surface area contributed by atoms with Crippen LogP contribution in [0.4, 0.5) is 5.82 Å². The lowest BCUT2D eigenvalue weighted by atomic mass is 10.2. The molecule has 0 amide bonds. The first-order chi connectivity index (χ1) is 11.2. The number of rotatable bonds is 3. The molecule has 1 aliphatic heterocycles. The smallest absolute Gasteiger partial charge is 0.163 e. The van der Waals surface area contributed by atoms with Crippen LogP contribution in [0, 0.1) is 0 Å². The second kappa shape index (κ2) is 5.62. The number of piperazine rings is 1. The molecule has 0 aliphatic carbocycles. The molecule has 0 radical (unpaired) electrons. The van der Waals surface area contributed by atoms with Gasteiger partial charge < -0.3 is 9.47 Å². The van der Waals surface area contributed by atoms with Crippen LogP contribution in [-0.2, 0) is 20.6 Å². The highest BCUT2D eigenvalue weighted by atomic mass is 15.3. The fourth-order valence-electron chi connectivity index (χ4n) is 3.07. The highest BCUT2D eigenvalue weighted by Gasteiger charge is 2.21. The van der Waals surface area contributed by atoms with Gasteiger partial charge in [-0.05, 0) is 0 Å². The molecule has 3 aromatic rings. The van der Waals surface area contributed by atoms with Gasteiger partial charge in [0.25, 0.3) is 0 Å². The Labute approximate surface area is 134 Å². The van der Waals surface area contributed by atoms with Crippen molar-refractivity contribution in [2.45, 2.75) is 6.54 Å². The molecule has 23 heavy (non-hydrogen) atoms. The third kappa shape index (κ3) is 2.55. The standard InChI is InChI=1S/C15H20N8/c1-20-4-3-16-13(20)10-22-5-7-23(8-6-22)15-12-9-19-21(2)14(12)17-11-18-15/h3-4,9,11H,5-8,10H2,1-2H3. The number of anilines is 1. The van der Waals surface area contributed by atoms with Gasteiger partial charge in [0.1, 0.15) is 18.0 Å². The van der Waals surface area contributed by atoms with Crippen molar-refractivity contribution in [2.75, 3.05) is 31.1 Å². The van der Waals surface area contributed by atoms with E-state index < -0.39 is 0 Å². The summed E-state index contributed by atoms with van der Waals surface area (Å²) in [6, 6.07) is 0. The molecular weight excluding hydrogens is 292 g/mol. The lowest BCUT2D eigenvalue weighted by molar-refractivity contribution is 0.241. The SMILES string of the molecule is Cn1ccnc1CN1CCN(c2ncnc3c2cnn3C)CC1. The molecule has 1 fully saturated rings. The zero-order valence-electron chi connectivity index (χ0n) is 13.4. The molecule has 4 rings (SSSR count). The number of nitrogens with zero attached hydrogens (tertiary/aromatic N) is 8. The highest BCUT2D eigenvalue weighted by molar-refractivity contribution is 5.86. The van der Waals surface area contributed by atoms with E-state index in [1.807, 2.05) is 32.7 Å². The molecule has 8 heteroatoms. The summed E-state index contributed by atoms with van der Waals surface area (Å²) in [5.41, 5.74) is 0.880. The summed E-state index contributed by atoms with van der Waals surface area (Å²) in [6.07, 6.45) is 7.32. The fraction of sp³-hybridized carbons (Fsp3) is 0.467. The van der Waals surface area contributed by atoms with Crippen LogP contribution < -0.4 is 4.90 Å². The largest absolute Gasteiger partial charge is 0.353 e. The van der Waals surface area contributed by atoms with E-state index >= 15 is 0 Å². The Bertz CT molecular complexity index is 812. The van der Waals surface area contributed by atoms with Gasteiger partial charge in [-0.25, -0.2) is 15.0 Å². The number of fused-ring (bicyclic) bond motifs is 1. The topological polar surface area (TPSA) is 67.9 Å². The summed E-state index contributed by atoms with van der Waals surface area (Å²) in [5.74, 6) is 2.09. The number of hydrogen-bond donors (Lipinski definition) is 0. The quantitative estimate of drug-likeness (QED) is 0.698. The van der Waals surface area contributed by atoms with Gasteiger partial charge in [-0.2, -0.15) is 5.10 Å². The maximum Gasteiger partial charge on any atom is 0.163 e. The van der Waals surface area contributed by atoms with E-state index in [4.69, 9.17) is 0 Å². The molecule has 0 aromatic carbocycles. The summed E-state index contributed by atoms with van der Waals surface area (Å²) in [5, 5.41) is 5.31. The average Bonchev–Trinajstić information content (AvgIpc) is 3.15. The average molecular weight is 312 g/mol. The number of hydrogen-bond acceptors (Lipinski definition) is 6. The molecule has 0 spiro atoms. The monoisotopic (exact) mass is 312 g/mol. The zero-order valence-corrected chi connectivity index (χ0v) is 13.4. The maximum atomic E-state index is 4.49. The van der Waals surface area contributed by atoms with Gasteiger partial charge in [-0.15, -0.1) is 0 Å². The molecule has 0 atom stereocenters. The minimum Gasteiger partial charge on any atom is -0.353 e. The summed E-state index contributed by atoms with van der Waals surface area (Å²) in [7, 11) is 3.95. The second-order valence-corrected chi connectivity index (χ2v) is 5.92. The van der Waals surface area contributed by atoms with Crippen molar-refractivity contribution in [1.82, 2.24) is 34.2 Å². The number of aryl methyl sites for hydroxylation is 2. The summed E-state index contributed by atoms with van der Waals surface area (Å²) < 4.78 is 3.87. The van der Waals surface area contributed by atoms with Crippen molar-refractivity contribution in [2.24, 2.45) is 14.1 Å². The Hall–Kier alpha value is -2.48. The summed E-state index contributed by atoms with van der Waals surface area (Å²) >= 11 is 0. The van der Waals surface area contributed by atoms with Crippen LogP contribution >= 0.6 is 0 Å². The van der Waals surface area contributed by atoms with Crippen molar-refractivity contribution < 1.29 is 0 Å². The third-order valence-corrected chi connectivity index (χ3v) is 4.47. The van der Waals surface area contributed by atoms with Crippen molar-refractivity contribution in [1.29, 1.82) is 0 Å². The minimum absolute atomic E-state index is 0.880. The summed E-state index contributed by atoms with van der Waals surface area (Å²) in [4.78, 5) is 18.0. The molecule has 3 aromatic heterocycles. The lowest BCUT2D eigenvalue weighted by Gasteiger charge is -2.35.